The summed E-state index contributed by atoms with van der Waals surface area (Å²) < 4.78 is 10.3. The van der Waals surface area contributed by atoms with E-state index >= 15 is 0 Å². The first-order chi connectivity index (χ1) is 11.2. The minimum absolute atomic E-state index is 0.0604. The van der Waals surface area contributed by atoms with Gasteiger partial charge in [-0.05, 0) is 13.0 Å². The monoisotopic (exact) mass is 346 g/mol. The zero-order valence-electron chi connectivity index (χ0n) is 12.5. The number of aliphatic hydroxyl groups excluding tert-OH is 4. The highest BCUT2D eigenvalue weighted by atomic mass is 16.7. The number of aromatic carboxylic acids is 1. The molecule has 1 heterocycles. The van der Waals surface area contributed by atoms with Crippen molar-refractivity contribution < 1.29 is 50.0 Å². The molecule has 0 spiro atoms. The number of aliphatic hydroxyl groups is 4. The molecule has 1 aromatic carbocycles. The Balaban J connectivity index is 2.38. The molecule has 1 aliphatic rings. The van der Waals surface area contributed by atoms with Gasteiger partial charge in [-0.25, -0.2) is 4.79 Å². The average molecular weight is 346 g/mol. The molecule has 0 amide bonds. The van der Waals surface area contributed by atoms with Gasteiger partial charge in [0.2, 0.25) is 12.0 Å². The fraction of sp³-hybridized carbons (Fsp3) is 0.500. The van der Waals surface area contributed by atoms with Crippen molar-refractivity contribution in [1.82, 2.24) is 0 Å². The van der Waals surface area contributed by atoms with Crippen LogP contribution in [0.1, 0.15) is 15.9 Å². The Morgan fingerprint density at radius 2 is 1.83 bits per heavy atom. The lowest BCUT2D eigenvalue weighted by atomic mass is 9.99. The van der Waals surface area contributed by atoms with Crippen LogP contribution >= 0.6 is 0 Å². The molecule has 1 fully saturated rings. The Hall–Kier alpha value is -2.11. The average Bonchev–Trinajstić information content (AvgIpc) is 2.54. The van der Waals surface area contributed by atoms with Crippen LogP contribution in [0.25, 0.3) is 0 Å². The van der Waals surface area contributed by atoms with Crippen LogP contribution in [-0.2, 0) is 4.74 Å². The van der Waals surface area contributed by atoms with Gasteiger partial charge in [-0.2, -0.15) is 0 Å². The van der Waals surface area contributed by atoms with Gasteiger partial charge in [0.05, 0.1) is 12.2 Å². The molecule has 0 bridgehead atoms. The maximum absolute atomic E-state index is 11.2. The van der Waals surface area contributed by atoms with Crippen molar-refractivity contribution in [2.75, 3.05) is 6.61 Å². The summed E-state index contributed by atoms with van der Waals surface area (Å²) >= 11 is 0. The number of carbonyl (C=O) groups is 1. The van der Waals surface area contributed by atoms with E-state index in [1.54, 1.807) is 0 Å². The number of benzene rings is 1. The first-order valence-electron chi connectivity index (χ1n) is 6.95. The third-order valence-electron chi connectivity index (χ3n) is 3.80. The second-order valence-corrected chi connectivity index (χ2v) is 5.37. The second-order valence-electron chi connectivity index (χ2n) is 5.37. The van der Waals surface area contributed by atoms with E-state index in [0.717, 1.165) is 6.07 Å². The van der Waals surface area contributed by atoms with Gasteiger partial charge in [0, 0.05) is 5.56 Å². The number of hydrogen-bond acceptors (Lipinski definition) is 9. The number of phenolic OH excluding ortho intramolecular Hbond substituents is 2. The Morgan fingerprint density at radius 3 is 2.38 bits per heavy atom. The maximum atomic E-state index is 11.2. The standard InChI is InChI=1S/C14H18O10/c1-4-5(13(21)22)2-6(16)8(17)12(4)24-14-11(20)10(19)9(18)7(3-15)23-14/h2,7,9-11,14-20H,3H2,1H3,(H,21,22). The van der Waals surface area contributed by atoms with Crippen LogP contribution in [0, 0.1) is 6.92 Å². The smallest absolute Gasteiger partial charge is 0.336 e. The highest BCUT2D eigenvalue weighted by Crippen LogP contribution is 2.41. The number of hydrogen-bond donors (Lipinski definition) is 7. The van der Waals surface area contributed by atoms with Crippen LogP contribution in [0.2, 0.25) is 0 Å². The van der Waals surface area contributed by atoms with E-state index in [2.05, 4.69) is 0 Å². The van der Waals surface area contributed by atoms with Crippen LogP contribution in [0.5, 0.6) is 17.2 Å². The molecule has 0 aromatic heterocycles. The highest BCUT2D eigenvalue weighted by molar-refractivity contribution is 5.91. The maximum Gasteiger partial charge on any atom is 0.336 e. The molecule has 10 nitrogen and oxygen atoms in total. The van der Waals surface area contributed by atoms with Gasteiger partial charge in [0.25, 0.3) is 0 Å². The second kappa shape index (κ2) is 6.79. The van der Waals surface area contributed by atoms with Gasteiger partial charge >= 0.3 is 5.97 Å². The van der Waals surface area contributed by atoms with Crippen molar-refractivity contribution in [1.29, 1.82) is 0 Å². The van der Waals surface area contributed by atoms with Gasteiger partial charge in [-0.3, -0.25) is 0 Å². The lowest BCUT2D eigenvalue weighted by Gasteiger charge is -2.39. The van der Waals surface area contributed by atoms with Crippen LogP contribution in [0.4, 0.5) is 0 Å². The molecule has 0 aliphatic carbocycles. The fourth-order valence-electron chi connectivity index (χ4n) is 2.38. The van der Waals surface area contributed by atoms with E-state index in [1.807, 2.05) is 0 Å². The summed E-state index contributed by atoms with van der Waals surface area (Å²) in [6, 6.07) is 0.827. The summed E-state index contributed by atoms with van der Waals surface area (Å²) in [4.78, 5) is 11.2. The molecule has 7 N–H and O–H groups in total. The van der Waals surface area contributed by atoms with Crippen molar-refractivity contribution in [2.24, 2.45) is 0 Å². The van der Waals surface area contributed by atoms with Crippen LogP contribution in [0.3, 0.4) is 0 Å². The van der Waals surface area contributed by atoms with Crippen molar-refractivity contribution in [3.8, 4) is 17.2 Å². The van der Waals surface area contributed by atoms with E-state index in [0.29, 0.717) is 0 Å². The molecule has 1 aromatic rings. The lowest BCUT2D eigenvalue weighted by molar-refractivity contribution is -0.277. The zero-order chi connectivity index (χ0) is 18.2. The summed E-state index contributed by atoms with van der Waals surface area (Å²) in [6.45, 7) is 0.609. The first-order valence-corrected chi connectivity index (χ1v) is 6.95. The van der Waals surface area contributed by atoms with Gasteiger partial charge in [-0.1, -0.05) is 0 Å². The summed E-state index contributed by atoms with van der Waals surface area (Å²) in [5.41, 5.74) is -0.417. The number of phenols is 2. The van der Waals surface area contributed by atoms with Crippen molar-refractivity contribution in [3.05, 3.63) is 17.2 Å². The Kier molecular flexibility index (Phi) is 5.16. The summed E-state index contributed by atoms with van der Waals surface area (Å²) in [6.07, 6.45) is -7.93. The Labute approximate surface area is 135 Å². The van der Waals surface area contributed by atoms with Crippen molar-refractivity contribution >= 4 is 5.97 Å². The number of aromatic hydroxyl groups is 2. The molecular weight excluding hydrogens is 328 g/mol. The van der Waals surface area contributed by atoms with E-state index in [4.69, 9.17) is 19.7 Å². The van der Waals surface area contributed by atoms with Gasteiger partial charge in [0.1, 0.15) is 24.4 Å². The van der Waals surface area contributed by atoms with Crippen molar-refractivity contribution in [3.63, 3.8) is 0 Å². The van der Waals surface area contributed by atoms with E-state index in [1.165, 1.54) is 6.92 Å². The predicted molar refractivity (Wildman–Crippen MR) is 75.9 cm³/mol. The molecule has 5 atom stereocenters. The SMILES string of the molecule is Cc1c(C(=O)O)cc(O)c(O)c1OC1OC(CO)C(O)C(O)C1O. The molecule has 24 heavy (non-hydrogen) atoms. The fourth-order valence-corrected chi connectivity index (χ4v) is 2.38. The third-order valence-corrected chi connectivity index (χ3v) is 3.80. The van der Waals surface area contributed by atoms with E-state index in [-0.39, 0.29) is 11.1 Å². The lowest BCUT2D eigenvalue weighted by Crippen LogP contribution is -2.60. The molecule has 5 unspecified atom stereocenters. The quantitative estimate of drug-likeness (QED) is 0.310. The van der Waals surface area contributed by atoms with Gasteiger partial charge in [-0.15, -0.1) is 0 Å². The minimum Gasteiger partial charge on any atom is -0.504 e. The first kappa shape index (κ1) is 18.2. The van der Waals surface area contributed by atoms with Crippen LogP contribution in [0.15, 0.2) is 6.07 Å². The summed E-state index contributed by atoms with van der Waals surface area (Å²) in [5, 5.41) is 67.0. The molecule has 1 saturated heterocycles. The molecule has 2 rings (SSSR count). The number of rotatable bonds is 4. The van der Waals surface area contributed by atoms with E-state index in [9.17, 15) is 30.3 Å². The van der Waals surface area contributed by atoms with Gasteiger partial charge < -0.3 is 45.2 Å². The summed E-state index contributed by atoms with van der Waals surface area (Å²) in [7, 11) is 0. The Morgan fingerprint density at radius 1 is 1.21 bits per heavy atom. The van der Waals surface area contributed by atoms with Crippen LogP contribution < -0.4 is 4.74 Å². The highest BCUT2D eigenvalue weighted by Gasteiger charge is 2.45. The molecule has 134 valence electrons. The minimum atomic E-state index is -1.75. The molecule has 0 radical (unpaired) electrons. The van der Waals surface area contributed by atoms with Crippen LogP contribution in [-0.4, -0.2) is 79.0 Å². The number of carboxylic acids is 1. The number of ether oxygens (including phenoxy) is 2. The van der Waals surface area contributed by atoms with Gasteiger partial charge in [0.15, 0.2) is 11.5 Å². The Bertz CT molecular complexity index is 628. The molecule has 0 saturated carbocycles. The molecule has 10 heteroatoms. The molecular formula is C14H18O10. The normalized spacial score (nSPS) is 30.1. The number of carboxylic acid groups (broad SMARTS) is 1. The van der Waals surface area contributed by atoms with Crippen molar-refractivity contribution in [2.45, 2.75) is 37.6 Å². The zero-order valence-corrected chi connectivity index (χ0v) is 12.5. The molecule has 1 aliphatic heterocycles. The third kappa shape index (κ3) is 3.09. The predicted octanol–water partition coefficient (Wildman–Crippen LogP) is -1.72. The largest absolute Gasteiger partial charge is 0.504 e. The topological polar surface area (TPSA) is 177 Å². The van der Waals surface area contributed by atoms with E-state index < -0.39 is 60.5 Å². The summed E-state index contributed by atoms with van der Waals surface area (Å²) in [5.74, 6) is -3.41.